The van der Waals surface area contributed by atoms with Gasteiger partial charge in [-0.2, -0.15) is 0 Å². The summed E-state index contributed by atoms with van der Waals surface area (Å²) in [6, 6.07) is 10.1. The SMILES string of the molecule is CCNC(Cc1cccc(OC)c1)c1ccoc1Cl. The number of halogens is 1. The Labute approximate surface area is 118 Å². The molecule has 0 spiro atoms. The van der Waals surface area contributed by atoms with Crippen LogP contribution in [0.2, 0.25) is 5.22 Å². The number of benzene rings is 1. The first kappa shape index (κ1) is 14.0. The molecule has 0 aliphatic heterocycles. The summed E-state index contributed by atoms with van der Waals surface area (Å²) in [7, 11) is 1.67. The summed E-state index contributed by atoms with van der Waals surface area (Å²) < 4.78 is 10.4. The van der Waals surface area contributed by atoms with Gasteiger partial charge in [0.25, 0.3) is 0 Å². The number of methoxy groups -OCH3 is 1. The van der Waals surface area contributed by atoms with Gasteiger partial charge in [-0.25, -0.2) is 0 Å². The molecule has 19 heavy (non-hydrogen) atoms. The summed E-state index contributed by atoms with van der Waals surface area (Å²) in [4.78, 5) is 0. The smallest absolute Gasteiger partial charge is 0.197 e. The third-order valence-corrected chi connectivity index (χ3v) is 3.35. The number of hydrogen-bond acceptors (Lipinski definition) is 3. The van der Waals surface area contributed by atoms with Gasteiger partial charge in [0.1, 0.15) is 5.75 Å². The molecular formula is C15H18ClNO2. The van der Waals surface area contributed by atoms with E-state index in [2.05, 4.69) is 18.3 Å². The van der Waals surface area contributed by atoms with E-state index >= 15 is 0 Å². The first-order valence-electron chi connectivity index (χ1n) is 6.33. The molecule has 0 radical (unpaired) electrons. The second-order valence-corrected chi connectivity index (χ2v) is 4.66. The summed E-state index contributed by atoms with van der Waals surface area (Å²) in [6.07, 6.45) is 2.46. The predicted octanol–water partition coefficient (Wildman–Crippen LogP) is 3.83. The minimum absolute atomic E-state index is 0.142. The Morgan fingerprint density at radius 3 is 2.84 bits per heavy atom. The van der Waals surface area contributed by atoms with Gasteiger partial charge in [0.2, 0.25) is 0 Å². The molecule has 0 fully saturated rings. The van der Waals surface area contributed by atoms with Crippen LogP contribution >= 0.6 is 11.6 Å². The summed E-state index contributed by atoms with van der Waals surface area (Å²) in [5.74, 6) is 0.867. The number of likely N-dealkylation sites (N-methyl/N-ethyl adjacent to an activating group) is 1. The van der Waals surface area contributed by atoms with Crippen molar-refractivity contribution >= 4 is 11.6 Å². The van der Waals surface area contributed by atoms with Crippen LogP contribution in [0.25, 0.3) is 0 Å². The van der Waals surface area contributed by atoms with Crippen LogP contribution in [-0.2, 0) is 6.42 Å². The van der Waals surface area contributed by atoms with Crippen molar-refractivity contribution in [3.8, 4) is 5.75 Å². The molecular weight excluding hydrogens is 262 g/mol. The molecule has 2 rings (SSSR count). The van der Waals surface area contributed by atoms with Crippen LogP contribution in [0, 0.1) is 0 Å². The molecule has 102 valence electrons. The van der Waals surface area contributed by atoms with Crippen molar-refractivity contribution in [1.82, 2.24) is 5.32 Å². The van der Waals surface area contributed by atoms with Crippen molar-refractivity contribution in [1.29, 1.82) is 0 Å². The molecule has 1 N–H and O–H groups in total. The lowest BCUT2D eigenvalue weighted by Crippen LogP contribution is -2.22. The normalized spacial score (nSPS) is 12.4. The van der Waals surface area contributed by atoms with Gasteiger partial charge in [-0.1, -0.05) is 19.1 Å². The monoisotopic (exact) mass is 279 g/mol. The van der Waals surface area contributed by atoms with Crippen molar-refractivity contribution in [2.24, 2.45) is 0 Å². The Bertz CT molecular complexity index is 524. The van der Waals surface area contributed by atoms with Gasteiger partial charge in [-0.15, -0.1) is 0 Å². The Balaban J connectivity index is 2.18. The Morgan fingerprint density at radius 1 is 1.37 bits per heavy atom. The van der Waals surface area contributed by atoms with Crippen molar-refractivity contribution in [2.45, 2.75) is 19.4 Å². The van der Waals surface area contributed by atoms with Gasteiger partial charge in [-0.05, 0) is 48.3 Å². The van der Waals surface area contributed by atoms with E-state index in [-0.39, 0.29) is 6.04 Å². The first-order valence-corrected chi connectivity index (χ1v) is 6.71. The molecule has 0 amide bonds. The maximum Gasteiger partial charge on any atom is 0.197 e. The van der Waals surface area contributed by atoms with Crippen molar-refractivity contribution in [2.75, 3.05) is 13.7 Å². The van der Waals surface area contributed by atoms with E-state index in [9.17, 15) is 0 Å². The number of ether oxygens (including phenoxy) is 1. The summed E-state index contributed by atoms with van der Waals surface area (Å²) in [6.45, 7) is 2.95. The molecule has 1 unspecified atom stereocenters. The van der Waals surface area contributed by atoms with E-state index in [1.165, 1.54) is 5.56 Å². The van der Waals surface area contributed by atoms with E-state index in [0.29, 0.717) is 5.22 Å². The molecule has 0 aliphatic rings. The predicted molar refractivity (Wildman–Crippen MR) is 76.8 cm³/mol. The zero-order valence-corrected chi connectivity index (χ0v) is 11.9. The van der Waals surface area contributed by atoms with Gasteiger partial charge in [0.05, 0.1) is 13.4 Å². The molecule has 0 saturated heterocycles. The van der Waals surface area contributed by atoms with Crippen LogP contribution in [0.15, 0.2) is 41.0 Å². The number of rotatable bonds is 6. The lowest BCUT2D eigenvalue weighted by Gasteiger charge is -2.17. The highest BCUT2D eigenvalue weighted by molar-refractivity contribution is 6.29. The van der Waals surface area contributed by atoms with Crippen LogP contribution < -0.4 is 10.1 Å². The fraction of sp³-hybridized carbons (Fsp3) is 0.333. The van der Waals surface area contributed by atoms with E-state index in [4.69, 9.17) is 20.8 Å². The zero-order valence-electron chi connectivity index (χ0n) is 11.2. The molecule has 1 aromatic heterocycles. The maximum atomic E-state index is 6.06. The Morgan fingerprint density at radius 2 is 2.21 bits per heavy atom. The third-order valence-electron chi connectivity index (χ3n) is 3.05. The average molecular weight is 280 g/mol. The quantitative estimate of drug-likeness (QED) is 0.872. The lowest BCUT2D eigenvalue weighted by molar-refractivity contribution is 0.414. The molecule has 4 heteroatoms. The zero-order chi connectivity index (χ0) is 13.7. The number of hydrogen-bond donors (Lipinski definition) is 1. The lowest BCUT2D eigenvalue weighted by atomic mass is 10.0. The molecule has 0 bridgehead atoms. The van der Waals surface area contributed by atoms with E-state index < -0.39 is 0 Å². The van der Waals surface area contributed by atoms with Crippen LogP contribution in [0.5, 0.6) is 5.75 Å². The second kappa shape index (κ2) is 6.64. The molecule has 0 saturated carbocycles. The van der Waals surface area contributed by atoms with Crippen molar-refractivity contribution < 1.29 is 9.15 Å². The largest absolute Gasteiger partial charge is 0.497 e. The molecule has 1 aromatic carbocycles. The molecule has 0 aliphatic carbocycles. The standard InChI is InChI=1S/C15H18ClNO2/c1-3-17-14(13-7-8-19-15(13)16)10-11-5-4-6-12(9-11)18-2/h4-9,14,17H,3,10H2,1-2H3. The van der Waals surface area contributed by atoms with Crippen LogP contribution in [-0.4, -0.2) is 13.7 Å². The average Bonchev–Trinajstić information content (AvgIpc) is 2.85. The second-order valence-electron chi connectivity index (χ2n) is 4.32. The molecule has 1 heterocycles. The topological polar surface area (TPSA) is 34.4 Å². The Kier molecular flexibility index (Phi) is 4.88. The summed E-state index contributed by atoms with van der Waals surface area (Å²) >= 11 is 6.06. The van der Waals surface area contributed by atoms with Crippen LogP contribution in [0.4, 0.5) is 0 Å². The van der Waals surface area contributed by atoms with Gasteiger partial charge in [-0.3, -0.25) is 0 Å². The van der Waals surface area contributed by atoms with Gasteiger partial charge in [0.15, 0.2) is 5.22 Å². The highest BCUT2D eigenvalue weighted by atomic mass is 35.5. The minimum atomic E-state index is 0.142. The fourth-order valence-corrected chi connectivity index (χ4v) is 2.37. The minimum Gasteiger partial charge on any atom is -0.497 e. The van der Waals surface area contributed by atoms with Crippen molar-refractivity contribution in [3.05, 3.63) is 52.9 Å². The first-order chi connectivity index (χ1) is 9.24. The highest BCUT2D eigenvalue weighted by Crippen LogP contribution is 2.27. The van der Waals surface area contributed by atoms with Crippen LogP contribution in [0.3, 0.4) is 0 Å². The van der Waals surface area contributed by atoms with Gasteiger partial charge < -0.3 is 14.5 Å². The van der Waals surface area contributed by atoms with E-state index in [1.54, 1.807) is 13.4 Å². The van der Waals surface area contributed by atoms with E-state index in [1.807, 2.05) is 24.3 Å². The van der Waals surface area contributed by atoms with Gasteiger partial charge in [0, 0.05) is 11.6 Å². The Hall–Kier alpha value is -1.45. The van der Waals surface area contributed by atoms with Crippen molar-refractivity contribution in [3.63, 3.8) is 0 Å². The highest BCUT2D eigenvalue weighted by Gasteiger charge is 2.16. The summed E-state index contributed by atoms with van der Waals surface area (Å²) in [5, 5.41) is 3.88. The molecule has 2 aromatic rings. The van der Waals surface area contributed by atoms with E-state index in [0.717, 1.165) is 24.3 Å². The van der Waals surface area contributed by atoms with Crippen LogP contribution in [0.1, 0.15) is 24.1 Å². The third kappa shape index (κ3) is 3.52. The molecule has 1 atom stereocenters. The fourth-order valence-electron chi connectivity index (χ4n) is 2.13. The molecule has 3 nitrogen and oxygen atoms in total. The maximum absolute atomic E-state index is 6.06. The number of furan rings is 1. The number of nitrogens with one attached hydrogen (secondary N) is 1. The summed E-state index contributed by atoms with van der Waals surface area (Å²) in [5.41, 5.74) is 2.19. The van der Waals surface area contributed by atoms with Gasteiger partial charge >= 0.3 is 0 Å².